The number of esters is 1. The Balaban J connectivity index is 2.22. The molecule has 1 aliphatic rings. The van der Waals surface area contributed by atoms with E-state index in [1.807, 2.05) is 4.90 Å². The van der Waals surface area contributed by atoms with Gasteiger partial charge in [-0.05, 0) is 25.5 Å². The first kappa shape index (κ1) is 12.8. The van der Waals surface area contributed by atoms with Crippen molar-refractivity contribution >= 4 is 11.8 Å². The summed E-state index contributed by atoms with van der Waals surface area (Å²) in [5, 5.41) is 9.60. The molecule has 2 rings (SSSR count). The van der Waals surface area contributed by atoms with Gasteiger partial charge in [-0.3, -0.25) is 0 Å². The molecule has 0 amide bonds. The second-order valence-corrected chi connectivity index (χ2v) is 4.60. The van der Waals surface area contributed by atoms with E-state index >= 15 is 0 Å². The third-order valence-corrected chi connectivity index (χ3v) is 3.40. The molecule has 1 aromatic heterocycles. The summed E-state index contributed by atoms with van der Waals surface area (Å²) in [6.07, 6.45) is 2.24. The Morgan fingerprint density at radius 1 is 1.67 bits per heavy atom. The third kappa shape index (κ3) is 2.46. The molecular weight excluding hydrogens is 232 g/mol. The van der Waals surface area contributed by atoms with E-state index in [4.69, 9.17) is 4.74 Å². The Morgan fingerprint density at radius 3 is 3.06 bits per heavy atom. The maximum atomic E-state index is 11.7. The highest BCUT2D eigenvalue weighted by Gasteiger charge is 2.29. The van der Waals surface area contributed by atoms with E-state index in [0.717, 1.165) is 19.5 Å². The van der Waals surface area contributed by atoms with Crippen molar-refractivity contribution in [2.24, 2.45) is 5.92 Å². The van der Waals surface area contributed by atoms with E-state index in [2.05, 4.69) is 4.98 Å². The zero-order valence-electron chi connectivity index (χ0n) is 10.7. The molecule has 2 heterocycles. The van der Waals surface area contributed by atoms with Crippen molar-refractivity contribution in [3.8, 4) is 0 Å². The van der Waals surface area contributed by atoms with Gasteiger partial charge >= 0.3 is 5.97 Å². The monoisotopic (exact) mass is 250 g/mol. The van der Waals surface area contributed by atoms with Crippen molar-refractivity contribution in [3.63, 3.8) is 0 Å². The molecule has 0 bridgehead atoms. The predicted molar refractivity (Wildman–Crippen MR) is 67.6 cm³/mol. The number of carbonyl (C=O) groups excluding carboxylic acids is 1. The summed E-state index contributed by atoms with van der Waals surface area (Å²) < 4.78 is 4.76. The molecule has 98 valence electrons. The number of aliphatic hydroxyl groups is 1. The average Bonchev–Trinajstić information content (AvgIpc) is 2.87. The van der Waals surface area contributed by atoms with Crippen LogP contribution < -0.4 is 4.90 Å². The first-order valence-electron chi connectivity index (χ1n) is 6.10. The van der Waals surface area contributed by atoms with Gasteiger partial charge in [0.25, 0.3) is 0 Å². The molecule has 1 saturated heterocycles. The van der Waals surface area contributed by atoms with E-state index in [1.165, 1.54) is 7.11 Å². The molecule has 2 unspecified atom stereocenters. The summed E-state index contributed by atoms with van der Waals surface area (Å²) in [5.41, 5.74) is 0.478. The minimum atomic E-state index is -0.376. The summed E-state index contributed by atoms with van der Waals surface area (Å²) in [6, 6.07) is 3.43. The third-order valence-electron chi connectivity index (χ3n) is 3.40. The Hall–Kier alpha value is -1.62. The van der Waals surface area contributed by atoms with Gasteiger partial charge in [-0.2, -0.15) is 0 Å². The number of carbonyl (C=O) groups is 1. The Kier molecular flexibility index (Phi) is 3.81. The van der Waals surface area contributed by atoms with E-state index < -0.39 is 0 Å². The summed E-state index contributed by atoms with van der Waals surface area (Å²) in [6.45, 7) is 3.32. The smallest absolute Gasteiger partial charge is 0.341 e. The Labute approximate surface area is 106 Å². The van der Waals surface area contributed by atoms with E-state index in [-0.39, 0.29) is 18.0 Å². The number of pyridine rings is 1. The largest absolute Gasteiger partial charge is 0.465 e. The standard InChI is InChI=1S/C13H18N2O3/c1-9(16)10-5-7-15(8-10)12-11(13(17)18-2)4-3-6-14-12/h3-4,6,9-10,16H,5,7-8H2,1-2H3. The fourth-order valence-electron chi connectivity index (χ4n) is 2.29. The van der Waals surface area contributed by atoms with Crippen molar-refractivity contribution in [3.05, 3.63) is 23.9 Å². The van der Waals surface area contributed by atoms with E-state index in [0.29, 0.717) is 11.4 Å². The number of anilines is 1. The van der Waals surface area contributed by atoms with Gasteiger partial charge in [0.2, 0.25) is 0 Å². The first-order chi connectivity index (χ1) is 8.63. The second kappa shape index (κ2) is 5.35. The lowest BCUT2D eigenvalue weighted by Crippen LogP contribution is -2.26. The lowest BCUT2D eigenvalue weighted by atomic mass is 10.0. The number of hydrogen-bond donors (Lipinski definition) is 1. The van der Waals surface area contributed by atoms with Crippen LogP contribution in [0.15, 0.2) is 18.3 Å². The quantitative estimate of drug-likeness (QED) is 0.813. The number of aliphatic hydroxyl groups excluding tert-OH is 1. The summed E-state index contributed by atoms with van der Waals surface area (Å²) in [5.74, 6) is 0.503. The minimum absolute atomic E-state index is 0.234. The van der Waals surface area contributed by atoms with Crippen LogP contribution in [0, 0.1) is 5.92 Å². The van der Waals surface area contributed by atoms with Crippen molar-refractivity contribution in [1.29, 1.82) is 0 Å². The molecule has 5 heteroatoms. The maximum absolute atomic E-state index is 11.7. The summed E-state index contributed by atoms with van der Waals surface area (Å²) in [4.78, 5) is 18.0. The van der Waals surface area contributed by atoms with Crippen LogP contribution in [0.3, 0.4) is 0 Å². The number of hydrogen-bond acceptors (Lipinski definition) is 5. The molecule has 1 aliphatic heterocycles. The van der Waals surface area contributed by atoms with E-state index in [9.17, 15) is 9.90 Å². The predicted octanol–water partition coefficient (Wildman–Crippen LogP) is 1.08. The summed E-state index contributed by atoms with van der Waals surface area (Å²) >= 11 is 0. The van der Waals surface area contributed by atoms with Crippen LogP contribution in [-0.4, -0.2) is 42.4 Å². The number of nitrogens with zero attached hydrogens (tertiary/aromatic N) is 2. The number of aromatic nitrogens is 1. The van der Waals surface area contributed by atoms with Gasteiger partial charge in [-0.15, -0.1) is 0 Å². The van der Waals surface area contributed by atoms with Gasteiger partial charge in [-0.1, -0.05) is 0 Å². The molecule has 0 saturated carbocycles. The highest BCUT2D eigenvalue weighted by molar-refractivity contribution is 5.94. The topological polar surface area (TPSA) is 62.7 Å². The van der Waals surface area contributed by atoms with Gasteiger partial charge < -0.3 is 14.7 Å². The van der Waals surface area contributed by atoms with Crippen LogP contribution in [0.1, 0.15) is 23.7 Å². The molecule has 2 atom stereocenters. The van der Waals surface area contributed by atoms with Crippen molar-refractivity contribution in [2.75, 3.05) is 25.1 Å². The zero-order chi connectivity index (χ0) is 13.1. The first-order valence-corrected chi connectivity index (χ1v) is 6.10. The van der Waals surface area contributed by atoms with Crippen molar-refractivity contribution in [2.45, 2.75) is 19.4 Å². The molecule has 1 N–H and O–H groups in total. The Bertz CT molecular complexity index is 434. The van der Waals surface area contributed by atoms with Crippen molar-refractivity contribution < 1.29 is 14.6 Å². The second-order valence-electron chi connectivity index (χ2n) is 4.60. The molecule has 0 spiro atoms. The summed E-state index contributed by atoms with van der Waals surface area (Å²) in [7, 11) is 1.36. The fraction of sp³-hybridized carbons (Fsp3) is 0.538. The maximum Gasteiger partial charge on any atom is 0.341 e. The fourth-order valence-corrected chi connectivity index (χ4v) is 2.29. The number of ether oxygens (including phenoxy) is 1. The molecule has 1 fully saturated rings. The molecule has 5 nitrogen and oxygen atoms in total. The van der Waals surface area contributed by atoms with Crippen LogP contribution >= 0.6 is 0 Å². The number of rotatable bonds is 3. The van der Waals surface area contributed by atoms with Gasteiger partial charge in [0, 0.05) is 25.2 Å². The molecular formula is C13H18N2O3. The molecule has 0 aliphatic carbocycles. The highest BCUT2D eigenvalue weighted by Crippen LogP contribution is 2.27. The Morgan fingerprint density at radius 2 is 2.44 bits per heavy atom. The SMILES string of the molecule is COC(=O)c1cccnc1N1CCC(C(C)O)C1. The lowest BCUT2D eigenvalue weighted by Gasteiger charge is -2.20. The van der Waals surface area contributed by atoms with Gasteiger partial charge in [0.15, 0.2) is 0 Å². The zero-order valence-corrected chi connectivity index (χ0v) is 10.7. The lowest BCUT2D eigenvalue weighted by molar-refractivity contribution is 0.0601. The van der Waals surface area contributed by atoms with Gasteiger partial charge in [0.1, 0.15) is 11.4 Å². The molecule has 18 heavy (non-hydrogen) atoms. The van der Waals surface area contributed by atoms with Crippen LogP contribution in [-0.2, 0) is 4.74 Å². The van der Waals surface area contributed by atoms with Gasteiger partial charge in [0.05, 0.1) is 13.2 Å². The van der Waals surface area contributed by atoms with Crippen LogP contribution in [0.4, 0.5) is 5.82 Å². The number of methoxy groups -OCH3 is 1. The van der Waals surface area contributed by atoms with Crippen LogP contribution in [0.5, 0.6) is 0 Å². The van der Waals surface area contributed by atoms with Crippen molar-refractivity contribution in [1.82, 2.24) is 4.98 Å². The average molecular weight is 250 g/mol. The van der Waals surface area contributed by atoms with Gasteiger partial charge in [-0.25, -0.2) is 9.78 Å². The molecule has 0 radical (unpaired) electrons. The van der Waals surface area contributed by atoms with Crippen LogP contribution in [0.25, 0.3) is 0 Å². The molecule has 1 aromatic rings. The highest BCUT2D eigenvalue weighted by atomic mass is 16.5. The van der Waals surface area contributed by atoms with Crippen LogP contribution in [0.2, 0.25) is 0 Å². The normalized spacial score (nSPS) is 20.8. The van der Waals surface area contributed by atoms with E-state index in [1.54, 1.807) is 25.3 Å². The molecule has 0 aromatic carbocycles. The minimum Gasteiger partial charge on any atom is -0.465 e.